The third kappa shape index (κ3) is 5.76. The first-order valence-corrected chi connectivity index (χ1v) is 12.5. The Morgan fingerprint density at radius 3 is 2.57 bits per heavy atom. The number of hydrogen-bond acceptors (Lipinski definition) is 6. The smallest absolute Gasteiger partial charge is 0.407 e. The SMILES string of the molecule is Cc1nccc2c1c(=O)n(C)c1cc(OC[C@H](CC(C)C)NC(=O)OC(C)(C)C)c(-n3cccn3)cc21. The van der Waals surface area contributed by atoms with Crippen LogP contribution in [0.5, 0.6) is 5.75 Å². The fraction of sp³-hybridized carbons (Fsp3) is 0.429. The van der Waals surface area contributed by atoms with E-state index in [1.807, 2.05) is 58.2 Å². The summed E-state index contributed by atoms with van der Waals surface area (Å²) in [5, 5.41) is 9.69. The highest BCUT2D eigenvalue weighted by Gasteiger charge is 2.22. The number of carbonyl (C=O) groups excluding carboxylic acids is 1. The normalized spacial score (nSPS) is 12.8. The van der Waals surface area contributed by atoms with E-state index in [0.717, 1.165) is 22.0 Å². The molecule has 4 rings (SSSR count). The molecule has 0 aliphatic rings. The van der Waals surface area contributed by atoms with Crippen molar-refractivity contribution < 1.29 is 14.3 Å². The van der Waals surface area contributed by atoms with E-state index in [4.69, 9.17) is 9.47 Å². The van der Waals surface area contributed by atoms with E-state index >= 15 is 0 Å². The number of nitrogens with one attached hydrogen (secondary N) is 1. The number of alkyl carbamates (subject to hydrolysis) is 1. The molecule has 0 saturated heterocycles. The molecule has 3 heterocycles. The maximum absolute atomic E-state index is 13.2. The first kappa shape index (κ1) is 26.2. The summed E-state index contributed by atoms with van der Waals surface area (Å²) in [5.74, 6) is 0.880. The fourth-order valence-electron chi connectivity index (χ4n) is 4.50. The largest absolute Gasteiger partial charge is 0.489 e. The summed E-state index contributed by atoms with van der Waals surface area (Å²) in [5.41, 5.74) is 1.43. The molecule has 1 amide bonds. The predicted octanol–water partition coefficient (Wildman–Crippen LogP) is 4.90. The van der Waals surface area contributed by atoms with E-state index in [0.29, 0.717) is 29.2 Å². The van der Waals surface area contributed by atoms with Gasteiger partial charge >= 0.3 is 6.09 Å². The highest BCUT2D eigenvalue weighted by atomic mass is 16.6. The first-order valence-electron chi connectivity index (χ1n) is 12.5. The summed E-state index contributed by atoms with van der Waals surface area (Å²) in [7, 11) is 1.75. The molecular formula is C28H35N5O4. The highest BCUT2D eigenvalue weighted by molar-refractivity contribution is 6.07. The van der Waals surface area contributed by atoms with Crippen molar-refractivity contribution in [1.82, 2.24) is 24.6 Å². The number of fused-ring (bicyclic) bond motifs is 3. The lowest BCUT2D eigenvalue weighted by molar-refractivity contribution is 0.0480. The maximum atomic E-state index is 13.2. The number of rotatable bonds is 7. The fourth-order valence-corrected chi connectivity index (χ4v) is 4.50. The van der Waals surface area contributed by atoms with Crippen molar-refractivity contribution in [1.29, 1.82) is 0 Å². The summed E-state index contributed by atoms with van der Waals surface area (Å²) in [6.45, 7) is 11.7. The second-order valence-electron chi connectivity index (χ2n) is 10.8. The van der Waals surface area contributed by atoms with Crippen molar-refractivity contribution in [2.24, 2.45) is 13.0 Å². The van der Waals surface area contributed by atoms with Crippen LogP contribution >= 0.6 is 0 Å². The lowest BCUT2D eigenvalue weighted by Crippen LogP contribution is -2.42. The zero-order valence-corrected chi connectivity index (χ0v) is 22.5. The van der Waals surface area contributed by atoms with Crippen LogP contribution in [-0.4, -0.2) is 43.7 Å². The molecule has 0 radical (unpaired) electrons. The Kier molecular flexibility index (Phi) is 7.25. The van der Waals surface area contributed by atoms with E-state index in [1.165, 1.54) is 0 Å². The Labute approximate surface area is 216 Å². The number of hydrogen-bond donors (Lipinski definition) is 1. The molecule has 9 heteroatoms. The van der Waals surface area contributed by atoms with Gasteiger partial charge in [0.25, 0.3) is 5.56 Å². The number of pyridine rings is 2. The molecule has 0 aliphatic heterocycles. The zero-order chi connectivity index (χ0) is 26.9. The van der Waals surface area contributed by atoms with Crippen molar-refractivity contribution in [3.05, 3.63) is 58.9 Å². The number of amides is 1. The number of carbonyl (C=O) groups is 1. The van der Waals surface area contributed by atoms with Crippen molar-refractivity contribution in [3.8, 4) is 11.4 Å². The van der Waals surface area contributed by atoms with Crippen molar-refractivity contribution >= 4 is 27.8 Å². The minimum absolute atomic E-state index is 0.116. The quantitative estimate of drug-likeness (QED) is 0.359. The van der Waals surface area contributed by atoms with Crippen LogP contribution in [0, 0.1) is 12.8 Å². The monoisotopic (exact) mass is 505 g/mol. The van der Waals surface area contributed by atoms with Crippen LogP contribution in [0.25, 0.3) is 27.4 Å². The van der Waals surface area contributed by atoms with Gasteiger partial charge in [0.1, 0.15) is 23.6 Å². The van der Waals surface area contributed by atoms with Crippen LogP contribution in [0.2, 0.25) is 0 Å². The van der Waals surface area contributed by atoms with Gasteiger partial charge in [0.05, 0.1) is 22.6 Å². The van der Waals surface area contributed by atoms with Gasteiger partial charge in [0.15, 0.2) is 0 Å². The Hall–Kier alpha value is -3.88. The van der Waals surface area contributed by atoms with Gasteiger partial charge in [0.2, 0.25) is 0 Å². The van der Waals surface area contributed by atoms with Crippen molar-refractivity contribution in [2.45, 2.75) is 59.6 Å². The molecule has 3 aromatic heterocycles. The van der Waals surface area contributed by atoms with Crippen LogP contribution in [0.3, 0.4) is 0 Å². The second-order valence-corrected chi connectivity index (χ2v) is 10.8. The van der Waals surface area contributed by atoms with Crippen LogP contribution in [-0.2, 0) is 11.8 Å². The summed E-state index contributed by atoms with van der Waals surface area (Å²) in [6.07, 6.45) is 5.49. The molecule has 4 aromatic rings. The number of ether oxygens (including phenoxy) is 2. The number of aryl methyl sites for hydroxylation is 2. The summed E-state index contributed by atoms with van der Waals surface area (Å²) in [6, 6.07) is 7.28. The van der Waals surface area contributed by atoms with E-state index in [9.17, 15) is 9.59 Å². The summed E-state index contributed by atoms with van der Waals surface area (Å²) in [4.78, 5) is 30.0. The lowest BCUT2D eigenvalue weighted by atomic mass is 10.0. The van der Waals surface area contributed by atoms with Crippen LogP contribution in [0.15, 0.2) is 47.7 Å². The summed E-state index contributed by atoms with van der Waals surface area (Å²) >= 11 is 0. The Morgan fingerprint density at radius 2 is 1.92 bits per heavy atom. The molecule has 196 valence electrons. The Morgan fingerprint density at radius 1 is 1.16 bits per heavy atom. The molecule has 1 aromatic carbocycles. The van der Waals surface area contributed by atoms with Gasteiger partial charge in [-0.15, -0.1) is 0 Å². The minimum atomic E-state index is -0.597. The lowest BCUT2D eigenvalue weighted by Gasteiger charge is -2.25. The van der Waals surface area contributed by atoms with Gasteiger partial charge in [-0.25, -0.2) is 9.48 Å². The summed E-state index contributed by atoms with van der Waals surface area (Å²) < 4.78 is 15.1. The molecule has 0 bridgehead atoms. The standard InChI is InChI=1S/C28H35N5O4/c1-17(2)13-19(31-27(35)37-28(4,5)6)16-36-24-15-22-21(14-23(24)33-12-8-10-30-33)20-9-11-29-18(3)25(20)26(34)32(22)7/h8-12,14-15,17,19H,13,16H2,1-7H3,(H,31,35)/t19-/m0/s1. The van der Waals surface area contributed by atoms with E-state index < -0.39 is 11.7 Å². The minimum Gasteiger partial charge on any atom is -0.489 e. The predicted molar refractivity (Wildman–Crippen MR) is 144 cm³/mol. The van der Waals surface area contributed by atoms with Crippen LogP contribution < -0.4 is 15.6 Å². The van der Waals surface area contributed by atoms with E-state index in [1.54, 1.807) is 28.7 Å². The van der Waals surface area contributed by atoms with E-state index in [-0.39, 0.29) is 18.2 Å². The van der Waals surface area contributed by atoms with Gasteiger partial charge in [-0.05, 0) is 63.6 Å². The molecule has 0 spiro atoms. The second kappa shape index (κ2) is 10.2. The Bertz CT molecular complexity index is 1480. The van der Waals surface area contributed by atoms with Crippen molar-refractivity contribution in [3.63, 3.8) is 0 Å². The molecule has 0 saturated carbocycles. The zero-order valence-electron chi connectivity index (χ0n) is 22.5. The number of nitrogens with zero attached hydrogens (tertiary/aromatic N) is 4. The van der Waals surface area contributed by atoms with Crippen LogP contribution in [0.4, 0.5) is 4.79 Å². The van der Waals surface area contributed by atoms with Gasteiger partial charge in [-0.1, -0.05) is 13.8 Å². The molecule has 1 N–H and O–H groups in total. The number of benzene rings is 1. The van der Waals surface area contributed by atoms with Gasteiger partial charge in [0, 0.05) is 37.1 Å². The van der Waals surface area contributed by atoms with Gasteiger partial charge in [-0.3, -0.25) is 9.78 Å². The average Bonchev–Trinajstić information content (AvgIpc) is 3.33. The van der Waals surface area contributed by atoms with Gasteiger partial charge in [-0.2, -0.15) is 5.10 Å². The highest BCUT2D eigenvalue weighted by Crippen LogP contribution is 2.32. The third-order valence-electron chi connectivity index (χ3n) is 6.06. The number of aromatic nitrogens is 4. The van der Waals surface area contributed by atoms with Crippen molar-refractivity contribution in [2.75, 3.05) is 6.61 Å². The van der Waals surface area contributed by atoms with Crippen LogP contribution in [0.1, 0.15) is 46.7 Å². The molecule has 0 aliphatic carbocycles. The maximum Gasteiger partial charge on any atom is 0.407 e. The Balaban J connectivity index is 1.77. The van der Waals surface area contributed by atoms with Gasteiger partial charge < -0.3 is 19.4 Å². The molecule has 1 atom stereocenters. The molecule has 0 unspecified atom stereocenters. The third-order valence-corrected chi connectivity index (χ3v) is 6.06. The average molecular weight is 506 g/mol. The topological polar surface area (TPSA) is 100 Å². The molecular weight excluding hydrogens is 470 g/mol. The molecule has 37 heavy (non-hydrogen) atoms. The van der Waals surface area contributed by atoms with E-state index in [2.05, 4.69) is 29.2 Å². The molecule has 0 fully saturated rings. The molecule has 9 nitrogen and oxygen atoms in total. The first-order chi connectivity index (χ1) is 17.4.